The highest BCUT2D eigenvalue weighted by Gasteiger charge is 2.31. The van der Waals surface area contributed by atoms with Crippen LogP contribution in [0.25, 0.3) is 10.9 Å². The molecule has 1 aromatic heterocycles. The standard InChI is InChI=1S/C23H22F3N3O6/c1-34-10-11-35-17-5-2-14(3-6-17)20(30)12-15(22(32)33)8-9-29-21(31)18-13-16(23(24,25)26)4-7-19(18)27-28-29/h2-7,13,15H,8-12H2,1H3,(H,32,33). The minimum absolute atomic E-state index is 0.0149. The van der Waals surface area contributed by atoms with Gasteiger partial charge in [-0.2, -0.15) is 13.2 Å². The van der Waals surface area contributed by atoms with E-state index in [-0.39, 0.29) is 35.9 Å². The molecule has 0 amide bonds. The number of aryl methyl sites for hydroxylation is 1. The summed E-state index contributed by atoms with van der Waals surface area (Å²) in [6, 6.07) is 8.72. The van der Waals surface area contributed by atoms with Crippen molar-refractivity contribution < 1.29 is 37.3 Å². The lowest BCUT2D eigenvalue weighted by molar-refractivity contribution is -0.142. The normalized spacial score (nSPS) is 12.5. The third-order valence-corrected chi connectivity index (χ3v) is 5.25. The molecule has 1 heterocycles. The topological polar surface area (TPSA) is 121 Å². The average Bonchev–Trinajstić information content (AvgIpc) is 2.82. The molecule has 3 rings (SSSR count). The molecule has 12 heteroatoms. The molecular weight excluding hydrogens is 471 g/mol. The molecule has 0 bridgehead atoms. The van der Waals surface area contributed by atoms with E-state index in [1.165, 1.54) is 19.2 Å². The van der Waals surface area contributed by atoms with E-state index in [1.54, 1.807) is 12.1 Å². The van der Waals surface area contributed by atoms with Gasteiger partial charge in [0.15, 0.2) is 5.78 Å². The lowest BCUT2D eigenvalue weighted by atomic mass is 9.95. The Morgan fingerprint density at radius 1 is 1.11 bits per heavy atom. The molecule has 0 saturated carbocycles. The van der Waals surface area contributed by atoms with Gasteiger partial charge in [-0.3, -0.25) is 14.4 Å². The fourth-order valence-corrected chi connectivity index (χ4v) is 3.31. The Kier molecular flexibility index (Phi) is 8.18. The Hall–Kier alpha value is -3.80. The first kappa shape index (κ1) is 25.8. The van der Waals surface area contributed by atoms with Crippen molar-refractivity contribution in [3.05, 3.63) is 63.9 Å². The van der Waals surface area contributed by atoms with Gasteiger partial charge in [0.05, 0.1) is 23.5 Å². The van der Waals surface area contributed by atoms with E-state index in [9.17, 15) is 32.7 Å². The van der Waals surface area contributed by atoms with Gasteiger partial charge in [-0.1, -0.05) is 5.21 Å². The number of methoxy groups -OCH3 is 1. The van der Waals surface area contributed by atoms with Crippen molar-refractivity contribution >= 4 is 22.7 Å². The van der Waals surface area contributed by atoms with Gasteiger partial charge >= 0.3 is 12.1 Å². The number of ether oxygens (including phenoxy) is 2. The lowest BCUT2D eigenvalue weighted by Gasteiger charge is -2.13. The van der Waals surface area contributed by atoms with Crippen LogP contribution in [-0.4, -0.2) is 52.2 Å². The van der Waals surface area contributed by atoms with Gasteiger partial charge in [0.2, 0.25) is 0 Å². The van der Waals surface area contributed by atoms with Crippen molar-refractivity contribution in [1.29, 1.82) is 0 Å². The molecule has 0 aliphatic rings. The molecule has 9 nitrogen and oxygen atoms in total. The van der Waals surface area contributed by atoms with E-state index < -0.39 is 35.0 Å². The van der Waals surface area contributed by atoms with Crippen molar-refractivity contribution in [2.75, 3.05) is 20.3 Å². The number of nitrogens with zero attached hydrogens (tertiary/aromatic N) is 3. The number of carboxylic acid groups (broad SMARTS) is 1. The first-order valence-electron chi connectivity index (χ1n) is 10.5. The van der Waals surface area contributed by atoms with E-state index >= 15 is 0 Å². The Morgan fingerprint density at radius 3 is 2.46 bits per heavy atom. The second kappa shape index (κ2) is 11.1. The van der Waals surface area contributed by atoms with Crippen LogP contribution in [-0.2, 0) is 22.3 Å². The fraction of sp³-hybridized carbons (Fsp3) is 0.348. The van der Waals surface area contributed by atoms with Gasteiger partial charge in [-0.05, 0) is 48.9 Å². The third kappa shape index (κ3) is 6.63. The number of hydrogen-bond acceptors (Lipinski definition) is 7. The van der Waals surface area contributed by atoms with Gasteiger partial charge in [0.1, 0.15) is 17.9 Å². The number of Topliss-reactive ketones (excluding diaryl/α,β-unsaturated/α-hetero) is 1. The maximum atomic E-state index is 13.0. The predicted molar refractivity (Wildman–Crippen MR) is 117 cm³/mol. The van der Waals surface area contributed by atoms with Crippen LogP contribution in [0.4, 0.5) is 13.2 Å². The maximum absolute atomic E-state index is 13.0. The molecule has 1 unspecified atom stereocenters. The van der Waals surface area contributed by atoms with Crippen molar-refractivity contribution in [2.45, 2.75) is 25.6 Å². The largest absolute Gasteiger partial charge is 0.491 e. The molecule has 0 radical (unpaired) electrons. The molecule has 186 valence electrons. The minimum Gasteiger partial charge on any atom is -0.491 e. The highest BCUT2D eigenvalue weighted by molar-refractivity contribution is 5.98. The second-order valence-corrected chi connectivity index (χ2v) is 7.66. The van der Waals surface area contributed by atoms with Crippen LogP contribution in [0.5, 0.6) is 5.75 Å². The predicted octanol–water partition coefficient (Wildman–Crippen LogP) is 3.20. The Morgan fingerprint density at radius 2 is 1.83 bits per heavy atom. The number of halogens is 3. The molecule has 0 aliphatic heterocycles. The fourth-order valence-electron chi connectivity index (χ4n) is 3.31. The van der Waals surface area contributed by atoms with Crippen LogP contribution >= 0.6 is 0 Å². The lowest BCUT2D eigenvalue weighted by Crippen LogP contribution is -2.27. The molecule has 1 N–H and O–H groups in total. The summed E-state index contributed by atoms with van der Waals surface area (Å²) in [6.45, 7) is 0.489. The number of carboxylic acids is 1. The zero-order valence-electron chi connectivity index (χ0n) is 18.6. The SMILES string of the molecule is COCCOc1ccc(C(=O)CC(CCn2nnc3ccc(C(F)(F)F)cc3c2=O)C(=O)O)cc1. The van der Waals surface area contributed by atoms with E-state index in [2.05, 4.69) is 10.3 Å². The summed E-state index contributed by atoms with van der Waals surface area (Å²) in [5.74, 6) is -2.30. The highest BCUT2D eigenvalue weighted by Crippen LogP contribution is 2.30. The molecule has 1 atom stereocenters. The number of ketones is 1. The number of aromatic nitrogens is 3. The third-order valence-electron chi connectivity index (χ3n) is 5.25. The summed E-state index contributed by atoms with van der Waals surface area (Å²) >= 11 is 0. The first-order valence-corrected chi connectivity index (χ1v) is 10.5. The average molecular weight is 493 g/mol. The number of aliphatic carboxylic acids is 1. The van der Waals surface area contributed by atoms with E-state index in [4.69, 9.17) is 9.47 Å². The maximum Gasteiger partial charge on any atom is 0.416 e. The van der Waals surface area contributed by atoms with Gasteiger partial charge in [-0.25, -0.2) is 4.68 Å². The summed E-state index contributed by atoms with van der Waals surface area (Å²) in [5.41, 5.74) is -1.57. The summed E-state index contributed by atoms with van der Waals surface area (Å²) in [6.07, 6.45) is -5.14. The van der Waals surface area contributed by atoms with E-state index in [0.29, 0.717) is 25.0 Å². The molecule has 0 fully saturated rings. The van der Waals surface area contributed by atoms with Crippen LogP contribution in [0.2, 0.25) is 0 Å². The van der Waals surface area contributed by atoms with Gasteiger partial charge in [0.25, 0.3) is 5.56 Å². The van der Waals surface area contributed by atoms with Crippen molar-refractivity contribution in [2.24, 2.45) is 5.92 Å². The van der Waals surface area contributed by atoms with E-state index in [1.807, 2.05) is 0 Å². The molecular formula is C23H22F3N3O6. The Bertz CT molecular complexity index is 1260. The van der Waals surface area contributed by atoms with Gasteiger partial charge in [-0.15, -0.1) is 5.10 Å². The molecule has 0 aliphatic carbocycles. The van der Waals surface area contributed by atoms with Gasteiger partial charge in [0, 0.05) is 25.6 Å². The smallest absolute Gasteiger partial charge is 0.416 e. The molecule has 3 aromatic rings. The van der Waals surface area contributed by atoms with Crippen LogP contribution in [0.1, 0.15) is 28.8 Å². The van der Waals surface area contributed by atoms with Gasteiger partial charge < -0.3 is 14.6 Å². The van der Waals surface area contributed by atoms with Crippen molar-refractivity contribution in [3.8, 4) is 5.75 Å². The number of rotatable bonds is 11. The number of alkyl halides is 3. The van der Waals surface area contributed by atoms with E-state index in [0.717, 1.165) is 16.8 Å². The number of carbonyl (C=O) groups is 2. The Labute approximate surface area is 197 Å². The quantitative estimate of drug-likeness (QED) is 0.319. The molecule has 2 aromatic carbocycles. The molecule has 0 spiro atoms. The highest BCUT2D eigenvalue weighted by atomic mass is 19.4. The van der Waals surface area contributed by atoms with Crippen LogP contribution in [0, 0.1) is 5.92 Å². The molecule has 35 heavy (non-hydrogen) atoms. The second-order valence-electron chi connectivity index (χ2n) is 7.66. The zero-order chi connectivity index (χ0) is 25.6. The number of fused-ring (bicyclic) bond motifs is 1. The molecule has 0 saturated heterocycles. The minimum atomic E-state index is -4.64. The van der Waals surface area contributed by atoms with Crippen molar-refractivity contribution in [3.63, 3.8) is 0 Å². The Balaban J connectivity index is 1.70. The summed E-state index contributed by atoms with van der Waals surface area (Å²) in [4.78, 5) is 36.9. The summed E-state index contributed by atoms with van der Waals surface area (Å²) in [7, 11) is 1.54. The first-order chi connectivity index (χ1) is 16.6. The monoisotopic (exact) mass is 493 g/mol. The summed E-state index contributed by atoms with van der Waals surface area (Å²) < 4.78 is 50.1. The van der Waals surface area contributed by atoms with Crippen LogP contribution in [0.15, 0.2) is 47.3 Å². The zero-order valence-corrected chi connectivity index (χ0v) is 18.6. The summed E-state index contributed by atoms with van der Waals surface area (Å²) in [5, 5.41) is 16.7. The van der Waals surface area contributed by atoms with Crippen LogP contribution in [0.3, 0.4) is 0 Å². The number of carbonyl (C=O) groups excluding carboxylic acids is 1. The number of hydrogen-bond donors (Lipinski definition) is 1. The number of benzene rings is 2. The van der Waals surface area contributed by atoms with Crippen molar-refractivity contribution in [1.82, 2.24) is 15.0 Å². The van der Waals surface area contributed by atoms with Crippen LogP contribution < -0.4 is 10.3 Å².